The average molecular weight is 359 g/mol. The molecule has 3 aromatic rings. The fourth-order valence-corrected chi connectivity index (χ4v) is 4.05. The topological polar surface area (TPSA) is 64.3 Å². The van der Waals surface area contributed by atoms with Crippen LogP contribution in [0.15, 0.2) is 58.6 Å². The van der Waals surface area contributed by atoms with E-state index in [4.69, 9.17) is 0 Å². The second kappa shape index (κ2) is 6.70. The highest BCUT2D eigenvalue weighted by molar-refractivity contribution is 7.89. The minimum atomic E-state index is -3.47. The smallest absolute Gasteiger partial charge is 0.252 e. The Morgan fingerprint density at radius 2 is 1.79 bits per heavy atom. The first kappa shape index (κ1) is 16.6. The molecule has 0 bridgehead atoms. The van der Waals surface area contributed by atoms with Crippen molar-refractivity contribution in [2.24, 2.45) is 4.40 Å². The number of rotatable bonds is 4. The van der Waals surface area contributed by atoms with E-state index in [1.54, 1.807) is 12.4 Å². The number of aromatic nitrogens is 2. The van der Waals surface area contributed by atoms with E-state index in [1.165, 1.54) is 16.9 Å². The summed E-state index contributed by atoms with van der Waals surface area (Å²) < 4.78 is 29.0. The quantitative estimate of drug-likeness (QED) is 0.719. The van der Waals surface area contributed by atoms with Crippen LogP contribution in [0.25, 0.3) is 11.3 Å². The predicted molar refractivity (Wildman–Crippen MR) is 96.2 cm³/mol. The minimum absolute atomic E-state index is 0.463. The van der Waals surface area contributed by atoms with Crippen LogP contribution in [0, 0.1) is 6.92 Å². The summed E-state index contributed by atoms with van der Waals surface area (Å²) in [7, 11) is -3.47. The molecule has 0 aliphatic rings. The zero-order chi connectivity index (χ0) is 17.2. The van der Waals surface area contributed by atoms with Gasteiger partial charge in [0.2, 0.25) is 4.80 Å². The molecule has 3 rings (SSSR count). The zero-order valence-electron chi connectivity index (χ0n) is 13.4. The number of nitrogens with zero attached hydrogens (tertiary/aromatic N) is 3. The SMILES string of the molecule is Cc1ccc(-c2cs/c(=N/S(C)(=O)=O)n2Cc2ccncc2)cc1. The van der Waals surface area contributed by atoms with Gasteiger partial charge in [-0.15, -0.1) is 15.7 Å². The Labute approximate surface area is 145 Å². The third-order valence-electron chi connectivity index (χ3n) is 3.48. The van der Waals surface area contributed by atoms with Crippen LogP contribution in [0.3, 0.4) is 0 Å². The first-order valence-electron chi connectivity index (χ1n) is 7.33. The Morgan fingerprint density at radius 3 is 2.42 bits per heavy atom. The molecule has 0 radical (unpaired) electrons. The van der Waals surface area contributed by atoms with Gasteiger partial charge in [-0.25, -0.2) is 8.42 Å². The van der Waals surface area contributed by atoms with Crippen LogP contribution in [0.1, 0.15) is 11.1 Å². The maximum atomic E-state index is 11.6. The van der Waals surface area contributed by atoms with Gasteiger partial charge >= 0.3 is 0 Å². The molecule has 5 nitrogen and oxygen atoms in total. The highest BCUT2D eigenvalue weighted by atomic mass is 32.2. The summed E-state index contributed by atoms with van der Waals surface area (Å²) in [6, 6.07) is 12.0. The lowest BCUT2D eigenvalue weighted by Crippen LogP contribution is -2.18. The molecule has 0 fully saturated rings. The maximum Gasteiger partial charge on any atom is 0.252 e. The third-order valence-corrected chi connectivity index (χ3v) is 4.96. The molecule has 0 N–H and O–H groups in total. The molecule has 0 spiro atoms. The molecule has 0 amide bonds. The van der Waals surface area contributed by atoms with Gasteiger partial charge in [-0.1, -0.05) is 29.8 Å². The number of thiazole rings is 1. The van der Waals surface area contributed by atoms with Gasteiger partial charge in [-0.2, -0.15) is 0 Å². The van der Waals surface area contributed by atoms with Crippen LogP contribution in [0.2, 0.25) is 0 Å². The van der Waals surface area contributed by atoms with Crippen molar-refractivity contribution in [3.05, 3.63) is 70.1 Å². The first-order valence-corrected chi connectivity index (χ1v) is 10.1. The number of hydrogen-bond acceptors (Lipinski definition) is 4. The van der Waals surface area contributed by atoms with Crippen molar-refractivity contribution < 1.29 is 8.42 Å². The third kappa shape index (κ3) is 3.98. The standard InChI is InChI=1S/C17H17N3O2S2/c1-13-3-5-15(6-4-13)16-12-23-17(19-24(2,21)22)20(16)11-14-7-9-18-10-8-14/h3-10,12H,11H2,1-2H3/b19-17+. The van der Waals surface area contributed by atoms with Gasteiger partial charge in [0.15, 0.2) is 0 Å². The Balaban J connectivity index is 2.16. The van der Waals surface area contributed by atoms with E-state index < -0.39 is 10.0 Å². The summed E-state index contributed by atoms with van der Waals surface area (Å²) in [6.45, 7) is 2.57. The lowest BCUT2D eigenvalue weighted by Gasteiger charge is -2.09. The van der Waals surface area contributed by atoms with Crippen LogP contribution in [-0.4, -0.2) is 24.2 Å². The second-order valence-electron chi connectivity index (χ2n) is 5.54. The predicted octanol–water partition coefficient (Wildman–Crippen LogP) is 2.83. The summed E-state index contributed by atoms with van der Waals surface area (Å²) in [4.78, 5) is 4.48. The van der Waals surface area contributed by atoms with E-state index >= 15 is 0 Å². The van der Waals surface area contributed by atoms with Crippen molar-refractivity contribution in [1.29, 1.82) is 0 Å². The van der Waals surface area contributed by atoms with Gasteiger partial charge < -0.3 is 4.57 Å². The molecule has 0 saturated carbocycles. The number of sulfonamides is 1. The summed E-state index contributed by atoms with van der Waals surface area (Å²) in [5.74, 6) is 0. The lowest BCUT2D eigenvalue weighted by molar-refractivity contribution is 0.601. The molecular weight excluding hydrogens is 342 g/mol. The molecule has 1 aromatic carbocycles. The molecule has 0 unspecified atom stereocenters. The Morgan fingerprint density at radius 1 is 1.12 bits per heavy atom. The van der Waals surface area contributed by atoms with Gasteiger partial charge in [-0.05, 0) is 30.2 Å². The highest BCUT2D eigenvalue weighted by Crippen LogP contribution is 2.21. The van der Waals surface area contributed by atoms with Crippen LogP contribution in [-0.2, 0) is 16.6 Å². The van der Waals surface area contributed by atoms with Gasteiger partial charge in [0, 0.05) is 17.8 Å². The number of benzene rings is 1. The molecule has 124 valence electrons. The largest absolute Gasteiger partial charge is 0.311 e. The number of hydrogen-bond donors (Lipinski definition) is 0. The fraction of sp³-hybridized carbons (Fsp3) is 0.176. The van der Waals surface area contributed by atoms with Crippen molar-refractivity contribution in [3.63, 3.8) is 0 Å². The first-order chi connectivity index (χ1) is 11.4. The van der Waals surface area contributed by atoms with E-state index in [-0.39, 0.29) is 0 Å². The Hall–Kier alpha value is -2.25. The molecule has 0 aliphatic heterocycles. The van der Waals surface area contributed by atoms with Gasteiger partial charge in [0.25, 0.3) is 10.0 Å². The molecule has 2 aromatic heterocycles. The Kier molecular flexibility index (Phi) is 4.64. The summed E-state index contributed by atoms with van der Waals surface area (Å²) in [5.41, 5.74) is 4.18. The molecular formula is C17H17N3O2S2. The van der Waals surface area contributed by atoms with E-state index in [2.05, 4.69) is 9.38 Å². The summed E-state index contributed by atoms with van der Waals surface area (Å²) >= 11 is 1.32. The van der Waals surface area contributed by atoms with Crippen LogP contribution >= 0.6 is 11.3 Å². The monoisotopic (exact) mass is 359 g/mol. The summed E-state index contributed by atoms with van der Waals surface area (Å²) in [6.07, 6.45) is 4.55. The van der Waals surface area contributed by atoms with Gasteiger partial charge in [0.05, 0.1) is 18.5 Å². The van der Waals surface area contributed by atoms with Crippen molar-refractivity contribution >= 4 is 21.4 Å². The Bertz CT molecular complexity index is 1000. The van der Waals surface area contributed by atoms with E-state index in [0.717, 1.165) is 23.1 Å². The van der Waals surface area contributed by atoms with Crippen molar-refractivity contribution in [2.75, 3.05) is 6.26 Å². The number of pyridine rings is 1. The van der Waals surface area contributed by atoms with E-state index in [9.17, 15) is 8.42 Å². The minimum Gasteiger partial charge on any atom is -0.311 e. The van der Waals surface area contributed by atoms with E-state index in [0.29, 0.717) is 11.3 Å². The lowest BCUT2D eigenvalue weighted by atomic mass is 10.1. The molecule has 0 atom stereocenters. The highest BCUT2D eigenvalue weighted by Gasteiger charge is 2.10. The van der Waals surface area contributed by atoms with Crippen molar-refractivity contribution in [2.45, 2.75) is 13.5 Å². The molecule has 24 heavy (non-hydrogen) atoms. The van der Waals surface area contributed by atoms with Crippen LogP contribution < -0.4 is 4.80 Å². The van der Waals surface area contributed by atoms with Crippen molar-refractivity contribution in [1.82, 2.24) is 9.55 Å². The zero-order valence-corrected chi connectivity index (χ0v) is 15.0. The van der Waals surface area contributed by atoms with Gasteiger partial charge in [0.1, 0.15) is 0 Å². The molecule has 0 saturated heterocycles. The van der Waals surface area contributed by atoms with Crippen molar-refractivity contribution in [3.8, 4) is 11.3 Å². The molecule has 7 heteroatoms. The molecule has 2 heterocycles. The fourth-order valence-electron chi connectivity index (χ4n) is 2.32. The average Bonchev–Trinajstić information content (AvgIpc) is 2.90. The summed E-state index contributed by atoms with van der Waals surface area (Å²) in [5, 5.41) is 1.94. The van der Waals surface area contributed by atoms with Gasteiger partial charge in [-0.3, -0.25) is 4.98 Å². The van der Waals surface area contributed by atoms with Crippen LogP contribution in [0.5, 0.6) is 0 Å². The normalized spacial score (nSPS) is 12.5. The number of aryl methyl sites for hydroxylation is 1. The van der Waals surface area contributed by atoms with Crippen LogP contribution in [0.4, 0.5) is 0 Å². The second-order valence-corrected chi connectivity index (χ2v) is 8.02. The maximum absolute atomic E-state index is 11.6. The molecule has 0 aliphatic carbocycles. The van der Waals surface area contributed by atoms with E-state index in [1.807, 2.05) is 53.3 Å².